The maximum atomic E-state index is 13.8. The van der Waals surface area contributed by atoms with Crippen LogP contribution in [0.3, 0.4) is 0 Å². The van der Waals surface area contributed by atoms with E-state index in [0.717, 1.165) is 6.07 Å². The van der Waals surface area contributed by atoms with Gasteiger partial charge in [-0.25, -0.2) is 13.2 Å². The molecule has 1 nitrogen and oxygen atoms in total. The molecule has 1 aliphatic heterocycles. The summed E-state index contributed by atoms with van der Waals surface area (Å²) in [6, 6.07) is 1.37. The second-order valence-electron chi connectivity index (χ2n) is 5.17. The molecule has 0 bridgehead atoms. The number of benzene rings is 1. The van der Waals surface area contributed by atoms with Gasteiger partial charge in [0.25, 0.3) is 0 Å². The zero-order valence-electron chi connectivity index (χ0n) is 11.0. The van der Waals surface area contributed by atoms with Crippen LogP contribution in [0.1, 0.15) is 31.7 Å². The molecular weight excluding hydrogens is 277 g/mol. The van der Waals surface area contributed by atoms with E-state index in [1.807, 2.05) is 20.8 Å². The lowest BCUT2D eigenvalue weighted by Crippen LogP contribution is -2.23. The van der Waals surface area contributed by atoms with E-state index in [2.05, 4.69) is 0 Å². The first-order chi connectivity index (χ1) is 8.82. The highest BCUT2D eigenvalue weighted by Gasteiger charge is 2.42. The summed E-state index contributed by atoms with van der Waals surface area (Å²) in [6.07, 6.45) is -0.144. The van der Waals surface area contributed by atoms with Crippen LogP contribution < -0.4 is 0 Å². The number of hydrogen-bond donors (Lipinski definition) is 0. The predicted octanol–water partition coefficient (Wildman–Crippen LogP) is 4.44. The Balaban J connectivity index is 2.34. The molecule has 0 spiro atoms. The van der Waals surface area contributed by atoms with E-state index in [1.165, 1.54) is 0 Å². The van der Waals surface area contributed by atoms with E-state index in [4.69, 9.17) is 16.3 Å². The van der Waals surface area contributed by atoms with Crippen LogP contribution in [-0.4, -0.2) is 12.2 Å². The number of ether oxygens (including phenoxy) is 1. The lowest BCUT2D eigenvalue weighted by molar-refractivity contribution is 0.0507. The van der Waals surface area contributed by atoms with E-state index in [-0.39, 0.29) is 29.6 Å². The smallest absolute Gasteiger partial charge is 0.161 e. The van der Waals surface area contributed by atoms with Crippen molar-refractivity contribution in [2.45, 2.75) is 38.4 Å². The molecule has 5 unspecified atom stereocenters. The van der Waals surface area contributed by atoms with E-state index < -0.39 is 22.8 Å². The maximum Gasteiger partial charge on any atom is 0.161 e. The van der Waals surface area contributed by atoms with Crippen LogP contribution >= 0.6 is 11.6 Å². The minimum absolute atomic E-state index is 0.00889. The predicted molar refractivity (Wildman–Crippen MR) is 67.6 cm³/mol. The summed E-state index contributed by atoms with van der Waals surface area (Å²) in [7, 11) is 0. The van der Waals surface area contributed by atoms with Crippen LogP contribution in [0.4, 0.5) is 13.2 Å². The van der Waals surface area contributed by atoms with Gasteiger partial charge in [0.1, 0.15) is 5.82 Å². The molecule has 1 heterocycles. The molecule has 2 rings (SSSR count). The Morgan fingerprint density at radius 1 is 1.00 bits per heavy atom. The third-order valence-electron chi connectivity index (χ3n) is 3.99. The Bertz CT molecular complexity index is 480. The fraction of sp³-hybridized carbons (Fsp3) is 0.571. The van der Waals surface area contributed by atoms with E-state index in [0.29, 0.717) is 6.07 Å². The van der Waals surface area contributed by atoms with Crippen LogP contribution in [0.5, 0.6) is 0 Å². The molecule has 0 N–H and O–H groups in total. The van der Waals surface area contributed by atoms with Crippen LogP contribution in [0.25, 0.3) is 0 Å². The van der Waals surface area contributed by atoms with Crippen LogP contribution in [0, 0.1) is 29.3 Å². The van der Waals surface area contributed by atoms with Crippen molar-refractivity contribution in [2.75, 3.05) is 0 Å². The Morgan fingerprint density at radius 2 is 1.58 bits per heavy atom. The quantitative estimate of drug-likeness (QED) is 0.578. The van der Waals surface area contributed by atoms with Gasteiger partial charge < -0.3 is 4.74 Å². The highest BCUT2D eigenvalue weighted by Crippen LogP contribution is 2.44. The lowest BCUT2D eigenvalue weighted by atomic mass is 9.84. The van der Waals surface area contributed by atoms with Crippen molar-refractivity contribution in [1.82, 2.24) is 0 Å². The van der Waals surface area contributed by atoms with Crippen molar-refractivity contribution in [2.24, 2.45) is 11.8 Å². The zero-order valence-corrected chi connectivity index (χ0v) is 11.7. The Morgan fingerprint density at radius 3 is 2.11 bits per heavy atom. The molecule has 1 aliphatic rings. The molecule has 0 saturated carbocycles. The summed E-state index contributed by atoms with van der Waals surface area (Å²) >= 11 is 6.29. The number of rotatable bonds is 2. The molecule has 1 saturated heterocycles. The Kier molecular flexibility index (Phi) is 4.11. The van der Waals surface area contributed by atoms with Gasteiger partial charge >= 0.3 is 0 Å². The molecule has 1 aromatic carbocycles. The fourth-order valence-corrected chi connectivity index (χ4v) is 3.36. The van der Waals surface area contributed by atoms with Crippen molar-refractivity contribution in [3.05, 3.63) is 35.1 Å². The molecule has 0 radical (unpaired) electrons. The van der Waals surface area contributed by atoms with Crippen LogP contribution in [0.15, 0.2) is 12.1 Å². The number of hydrogen-bond acceptors (Lipinski definition) is 1. The minimum Gasteiger partial charge on any atom is -0.375 e. The minimum atomic E-state index is -1.21. The monoisotopic (exact) mass is 292 g/mol. The summed E-state index contributed by atoms with van der Waals surface area (Å²) in [6.45, 7) is 5.75. The van der Waals surface area contributed by atoms with E-state index in [1.54, 1.807) is 0 Å². The summed E-state index contributed by atoms with van der Waals surface area (Å²) in [5, 5.41) is -0.745. The average molecular weight is 293 g/mol. The van der Waals surface area contributed by atoms with E-state index >= 15 is 0 Å². The normalized spacial score (nSPS) is 32.6. The van der Waals surface area contributed by atoms with Gasteiger partial charge in [-0.2, -0.15) is 0 Å². The second kappa shape index (κ2) is 5.33. The standard InChI is InChI=1S/C14H16ClF3O/c1-6-7(2)19-8(3)13(6)14(15)9-4-11(17)12(18)5-10(9)16/h4-8,13-14H,1-3H3. The molecule has 5 atom stereocenters. The molecule has 5 heteroatoms. The SMILES string of the molecule is CC1OC(C)C(C(Cl)c2cc(F)c(F)cc2F)C1C. The van der Waals surface area contributed by atoms with Gasteiger partial charge in [0, 0.05) is 17.5 Å². The average Bonchev–Trinajstić information content (AvgIpc) is 2.57. The molecule has 106 valence electrons. The molecule has 19 heavy (non-hydrogen) atoms. The van der Waals surface area contributed by atoms with Gasteiger partial charge in [-0.15, -0.1) is 11.6 Å². The van der Waals surface area contributed by atoms with Gasteiger partial charge in [-0.05, 0) is 25.8 Å². The van der Waals surface area contributed by atoms with E-state index in [9.17, 15) is 13.2 Å². The number of halogens is 4. The largest absolute Gasteiger partial charge is 0.375 e. The first kappa shape index (κ1) is 14.7. The lowest BCUT2D eigenvalue weighted by Gasteiger charge is -2.24. The number of alkyl halides is 1. The molecule has 1 fully saturated rings. The van der Waals surface area contributed by atoms with Gasteiger partial charge in [0.2, 0.25) is 0 Å². The third-order valence-corrected chi connectivity index (χ3v) is 4.52. The molecule has 0 amide bonds. The topological polar surface area (TPSA) is 9.23 Å². The van der Waals surface area contributed by atoms with Crippen molar-refractivity contribution >= 4 is 11.6 Å². The van der Waals surface area contributed by atoms with Crippen LogP contribution in [0.2, 0.25) is 0 Å². The highest BCUT2D eigenvalue weighted by atomic mass is 35.5. The van der Waals surface area contributed by atoms with Gasteiger partial charge in [-0.3, -0.25) is 0 Å². The first-order valence-electron chi connectivity index (χ1n) is 6.27. The molecule has 0 aliphatic carbocycles. The summed E-state index contributed by atoms with van der Waals surface area (Å²) in [5.41, 5.74) is -0.0121. The Hall–Kier alpha value is -0.740. The summed E-state index contributed by atoms with van der Waals surface area (Å²) < 4.78 is 45.6. The molecule has 1 aromatic rings. The fourth-order valence-electron chi connectivity index (χ4n) is 2.75. The maximum absolute atomic E-state index is 13.8. The molecular formula is C14H16ClF3O. The van der Waals surface area contributed by atoms with Gasteiger partial charge in [-0.1, -0.05) is 6.92 Å². The van der Waals surface area contributed by atoms with Crippen molar-refractivity contribution < 1.29 is 17.9 Å². The summed E-state index contributed by atoms with van der Waals surface area (Å²) in [4.78, 5) is 0. The van der Waals surface area contributed by atoms with Gasteiger partial charge in [0.05, 0.1) is 17.6 Å². The Labute approximate surface area is 115 Å². The van der Waals surface area contributed by atoms with Gasteiger partial charge in [0.15, 0.2) is 11.6 Å². The van der Waals surface area contributed by atoms with Crippen molar-refractivity contribution in [3.63, 3.8) is 0 Å². The van der Waals surface area contributed by atoms with Crippen molar-refractivity contribution in [1.29, 1.82) is 0 Å². The second-order valence-corrected chi connectivity index (χ2v) is 5.64. The highest BCUT2D eigenvalue weighted by molar-refractivity contribution is 6.21. The molecule has 0 aromatic heterocycles. The first-order valence-corrected chi connectivity index (χ1v) is 6.70. The zero-order chi connectivity index (χ0) is 14.3. The van der Waals surface area contributed by atoms with Crippen LogP contribution in [-0.2, 0) is 4.74 Å². The third kappa shape index (κ3) is 2.61. The van der Waals surface area contributed by atoms with Crippen molar-refractivity contribution in [3.8, 4) is 0 Å². The summed E-state index contributed by atoms with van der Waals surface area (Å²) in [5.74, 6) is -3.14.